The van der Waals surface area contributed by atoms with E-state index in [0.717, 1.165) is 5.56 Å². The number of nitrogens with one attached hydrogen (secondary N) is 1. The summed E-state index contributed by atoms with van der Waals surface area (Å²) in [4.78, 5) is 27.8. The summed E-state index contributed by atoms with van der Waals surface area (Å²) in [6, 6.07) is 15.6. The lowest BCUT2D eigenvalue weighted by Gasteiger charge is -2.27. The van der Waals surface area contributed by atoms with Crippen molar-refractivity contribution in [3.8, 4) is 28.4 Å². The first-order valence-corrected chi connectivity index (χ1v) is 12.8. The van der Waals surface area contributed by atoms with E-state index in [-0.39, 0.29) is 25.6 Å². The Hall–Kier alpha value is -4.25. The number of carbonyl (C=O) groups excluding carboxylic acids is 2. The highest BCUT2D eigenvalue weighted by Crippen LogP contribution is 2.51. The van der Waals surface area contributed by atoms with Gasteiger partial charge in [-0.1, -0.05) is 18.2 Å². The van der Waals surface area contributed by atoms with Gasteiger partial charge in [-0.2, -0.15) is 0 Å². The minimum absolute atomic E-state index is 0. The van der Waals surface area contributed by atoms with E-state index in [4.69, 9.17) is 14.2 Å². The molecule has 6 rings (SSSR count). The van der Waals surface area contributed by atoms with Crippen LogP contribution in [0.4, 0.5) is 18.9 Å². The second-order valence-corrected chi connectivity index (χ2v) is 9.84. The number of benzene rings is 3. The summed E-state index contributed by atoms with van der Waals surface area (Å²) in [5, 5.41) is 2.86. The first-order chi connectivity index (χ1) is 19.2. The van der Waals surface area contributed by atoms with Gasteiger partial charge in [-0.3, -0.25) is 9.59 Å². The van der Waals surface area contributed by atoms with Crippen molar-refractivity contribution in [2.24, 2.45) is 0 Å². The molecule has 3 aliphatic rings. The first-order valence-electron chi connectivity index (χ1n) is 12.8. The van der Waals surface area contributed by atoms with E-state index in [1.165, 1.54) is 18.2 Å². The number of anilines is 1. The highest BCUT2D eigenvalue weighted by Gasteiger charge is 2.51. The van der Waals surface area contributed by atoms with Crippen LogP contribution in [0, 0.1) is 0 Å². The van der Waals surface area contributed by atoms with Gasteiger partial charge in [0, 0.05) is 31.3 Å². The topological polar surface area (TPSA) is 86.3 Å². The van der Waals surface area contributed by atoms with Crippen LogP contribution in [0.15, 0.2) is 60.7 Å². The van der Waals surface area contributed by atoms with E-state index in [0.29, 0.717) is 67.5 Å². The Morgan fingerprint density at radius 3 is 2.35 bits per heavy atom. The molecule has 40 heavy (non-hydrogen) atoms. The summed E-state index contributed by atoms with van der Waals surface area (Å²) in [5.41, 5.74) is 1.26. The maximum Gasteiger partial charge on any atom is 0.573 e. The number of halogens is 3. The second kappa shape index (κ2) is 10.1. The second-order valence-electron chi connectivity index (χ2n) is 9.84. The molecule has 3 aromatic carbocycles. The number of fused-ring (bicyclic) bond motifs is 1. The van der Waals surface area contributed by atoms with E-state index in [1.807, 2.05) is 6.07 Å². The van der Waals surface area contributed by atoms with Crippen molar-refractivity contribution >= 4 is 17.5 Å². The summed E-state index contributed by atoms with van der Waals surface area (Å²) in [5.74, 6) is 0.314. The fourth-order valence-corrected chi connectivity index (χ4v) is 5.01. The Morgan fingerprint density at radius 1 is 0.925 bits per heavy atom. The van der Waals surface area contributed by atoms with E-state index in [2.05, 4.69) is 10.1 Å². The number of hydrogen-bond donors (Lipinski definition) is 1. The molecular formula is C29H27F3N2O6. The van der Waals surface area contributed by atoms with Crippen LogP contribution in [0.2, 0.25) is 0 Å². The first kappa shape index (κ1) is 26.0. The van der Waals surface area contributed by atoms with Crippen molar-refractivity contribution in [2.45, 2.75) is 24.6 Å². The molecule has 0 radical (unpaired) electrons. The SMILES string of the molecule is O=C(c1ccc(-c2cc(NC(=O)C3(c4ccc5c(c4)OCO5)CC3)ccc2OC(F)(F)F)cc1)N1CCOCC1.[HH]. The molecule has 2 amide bonds. The van der Waals surface area contributed by atoms with Gasteiger partial charge in [-0.05, 0) is 66.4 Å². The number of alkyl halides is 3. The summed E-state index contributed by atoms with van der Waals surface area (Å²) in [7, 11) is 0. The van der Waals surface area contributed by atoms with E-state index in [1.54, 1.807) is 41.3 Å². The average molecular weight is 557 g/mol. The van der Waals surface area contributed by atoms with Gasteiger partial charge in [0.15, 0.2) is 11.5 Å². The highest BCUT2D eigenvalue weighted by atomic mass is 19.4. The smallest absolute Gasteiger partial charge is 0.454 e. The molecule has 0 spiro atoms. The zero-order valence-electron chi connectivity index (χ0n) is 21.3. The molecule has 2 heterocycles. The maximum absolute atomic E-state index is 13.4. The fraction of sp³-hybridized carbons (Fsp3) is 0.310. The molecule has 1 aliphatic carbocycles. The zero-order valence-corrected chi connectivity index (χ0v) is 21.3. The number of hydrogen-bond acceptors (Lipinski definition) is 6. The molecule has 0 atom stereocenters. The maximum atomic E-state index is 13.4. The molecule has 2 fully saturated rings. The zero-order chi connectivity index (χ0) is 27.9. The molecule has 1 saturated heterocycles. The lowest BCUT2D eigenvalue weighted by molar-refractivity contribution is -0.274. The van der Waals surface area contributed by atoms with E-state index >= 15 is 0 Å². The van der Waals surface area contributed by atoms with Gasteiger partial charge in [-0.25, -0.2) is 0 Å². The molecule has 0 aromatic heterocycles. The van der Waals surface area contributed by atoms with Gasteiger partial charge in [0.25, 0.3) is 5.91 Å². The van der Waals surface area contributed by atoms with Crippen molar-refractivity contribution in [1.29, 1.82) is 0 Å². The van der Waals surface area contributed by atoms with Crippen LogP contribution in [-0.4, -0.2) is 56.2 Å². The molecule has 0 unspecified atom stereocenters. The molecule has 1 saturated carbocycles. The highest BCUT2D eigenvalue weighted by molar-refractivity contribution is 6.02. The lowest BCUT2D eigenvalue weighted by Crippen LogP contribution is -2.40. The van der Waals surface area contributed by atoms with Crippen molar-refractivity contribution in [1.82, 2.24) is 4.90 Å². The molecule has 210 valence electrons. The monoisotopic (exact) mass is 556 g/mol. The minimum Gasteiger partial charge on any atom is -0.454 e. The third-order valence-electron chi connectivity index (χ3n) is 7.31. The van der Waals surface area contributed by atoms with Crippen LogP contribution in [0.3, 0.4) is 0 Å². The van der Waals surface area contributed by atoms with E-state index in [9.17, 15) is 22.8 Å². The van der Waals surface area contributed by atoms with Gasteiger partial charge in [-0.15, -0.1) is 13.2 Å². The third kappa shape index (κ3) is 5.16. The Morgan fingerprint density at radius 2 is 1.65 bits per heavy atom. The van der Waals surface area contributed by atoms with Gasteiger partial charge in [0.2, 0.25) is 12.7 Å². The average Bonchev–Trinajstić information content (AvgIpc) is 3.64. The largest absolute Gasteiger partial charge is 0.573 e. The Kier molecular flexibility index (Phi) is 6.53. The number of morpholine rings is 1. The van der Waals surface area contributed by atoms with Crippen molar-refractivity contribution in [3.05, 3.63) is 71.8 Å². The van der Waals surface area contributed by atoms with Gasteiger partial charge in [0.1, 0.15) is 5.75 Å². The van der Waals surface area contributed by atoms with Crippen LogP contribution in [-0.2, 0) is 14.9 Å². The molecule has 8 nitrogen and oxygen atoms in total. The Balaban J connectivity index is 0.00000337. The predicted octanol–water partition coefficient (Wildman–Crippen LogP) is 5.37. The van der Waals surface area contributed by atoms with Gasteiger partial charge in [0.05, 0.1) is 18.6 Å². The van der Waals surface area contributed by atoms with Crippen LogP contribution in [0.1, 0.15) is 30.2 Å². The molecule has 11 heteroatoms. The van der Waals surface area contributed by atoms with Crippen LogP contribution < -0.4 is 19.5 Å². The predicted molar refractivity (Wildman–Crippen MR) is 140 cm³/mol. The van der Waals surface area contributed by atoms with Gasteiger partial charge >= 0.3 is 6.36 Å². The summed E-state index contributed by atoms with van der Waals surface area (Å²) >= 11 is 0. The third-order valence-corrected chi connectivity index (χ3v) is 7.31. The Labute approximate surface area is 229 Å². The number of amides is 2. The number of nitrogens with zero attached hydrogens (tertiary/aromatic N) is 1. The molecular weight excluding hydrogens is 529 g/mol. The lowest BCUT2D eigenvalue weighted by atomic mass is 9.94. The molecule has 3 aromatic rings. The molecule has 0 bridgehead atoms. The standard InChI is InChI=1S/C29H25F3N2O6.H2/c30-29(31,32)40-23-8-6-21(33-27(36)28(9-10-28)20-5-7-24-25(15-20)39-17-38-24)16-22(23)18-1-3-19(4-2-18)26(35)34-11-13-37-14-12-34;/h1-8,15-16H,9-14,17H2,(H,33,36);1H. The Bertz CT molecular complexity index is 1450. The molecule has 2 aliphatic heterocycles. The summed E-state index contributed by atoms with van der Waals surface area (Å²) in [6.07, 6.45) is -3.67. The summed E-state index contributed by atoms with van der Waals surface area (Å²) in [6.45, 7) is 1.97. The minimum atomic E-state index is -4.91. The molecule has 1 N–H and O–H groups in total. The van der Waals surface area contributed by atoms with Crippen LogP contribution in [0.5, 0.6) is 17.2 Å². The van der Waals surface area contributed by atoms with Crippen molar-refractivity contribution in [2.75, 3.05) is 38.4 Å². The summed E-state index contributed by atoms with van der Waals surface area (Å²) < 4.78 is 60.0. The van der Waals surface area contributed by atoms with Gasteiger partial charge < -0.3 is 29.2 Å². The fourth-order valence-electron chi connectivity index (χ4n) is 5.01. The number of rotatable bonds is 6. The normalized spacial score (nSPS) is 17.3. The van der Waals surface area contributed by atoms with Crippen LogP contribution in [0.25, 0.3) is 11.1 Å². The van der Waals surface area contributed by atoms with E-state index < -0.39 is 17.5 Å². The van der Waals surface area contributed by atoms with Crippen LogP contribution >= 0.6 is 0 Å². The number of ether oxygens (including phenoxy) is 4. The number of carbonyl (C=O) groups is 2. The quantitative estimate of drug-likeness (QED) is 0.440. The van der Waals surface area contributed by atoms with Crippen molar-refractivity contribution < 1.29 is 43.1 Å². The van der Waals surface area contributed by atoms with Crippen molar-refractivity contribution in [3.63, 3.8) is 0 Å².